The Morgan fingerprint density at radius 2 is 2.32 bits per heavy atom. The van der Waals surface area contributed by atoms with Gasteiger partial charge in [-0.1, -0.05) is 0 Å². The van der Waals surface area contributed by atoms with Crippen LogP contribution in [0.1, 0.15) is 18.4 Å². The Bertz CT molecular complexity index is 442. The van der Waals surface area contributed by atoms with Crippen LogP contribution in [0.3, 0.4) is 0 Å². The summed E-state index contributed by atoms with van der Waals surface area (Å²) in [6, 6.07) is 1.73. The van der Waals surface area contributed by atoms with Crippen LogP contribution in [0.2, 0.25) is 0 Å². The number of nitrogens with zero attached hydrogens (tertiary/aromatic N) is 3. The van der Waals surface area contributed by atoms with Gasteiger partial charge in [0.2, 0.25) is 5.91 Å². The summed E-state index contributed by atoms with van der Waals surface area (Å²) in [5.41, 5.74) is 0.927. The highest BCUT2D eigenvalue weighted by atomic mass is 16.2. The molecule has 0 spiro atoms. The number of piperazine rings is 1. The monoisotopic (exact) mass is 263 g/mol. The number of rotatable bonds is 3. The highest BCUT2D eigenvalue weighted by Crippen LogP contribution is 2.17. The standard InChI is InChI=1S/C13H21N5O/c1-4-15-13(19)11-8-14-5-6-18(11)12-7-9(2)16-10(3)17-12/h7,11,14H,4-6,8H2,1-3H3,(H,15,19). The van der Waals surface area contributed by atoms with Crippen LogP contribution in [0.4, 0.5) is 5.82 Å². The lowest BCUT2D eigenvalue weighted by molar-refractivity contribution is -0.122. The summed E-state index contributed by atoms with van der Waals surface area (Å²) in [5.74, 6) is 1.62. The number of carbonyl (C=O) groups excluding carboxylic acids is 1. The molecule has 1 unspecified atom stereocenters. The molecule has 19 heavy (non-hydrogen) atoms. The van der Waals surface area contributed by atoms with Crippen molar-refractivity contribution in [3.05, 3.63) is 17.6 Å². The Morgan fingerprint density at radius 1 is 1.53 bits per heavy atom. The van der Waals surface area contributed by atoms with Crippen LogP contribution >= 0.6 is 0 Å². The summed E-state index contributed by atoms with van der Waals surface area (Å²) in [4.78, 5) is 22.9. The van der Waals surface area contributed by atoms with E-state index in [4.69, 9.17) is 0 Å². The predicted octanol–water partition coefficient (Wildman–Crippen LogP) is 0.00774. The summed E-state index contributed by atoms with van der Waals surface area (Å²) in [5, 5.41) is 6.14. The van der Waals surface area contributed by atoms with Crippen LogP contribution in [0, 0.1) is 13.8 Å². The lowest BCUT2D eigenvalue weighted by Crippen LogP contribution is -2.58. The lowest BCUT2D eigenvalue weighted by Gasteiger charge is -2.36. The van der Waals surface area contributed by atoms with Crippen LogP contribution in [-0.2, 0) is 4.79 Å². The van der Waals surface area contributed by atoms with E-state index >= 15 is 0 Å². The van der Waals surface area contributed by atoms with E-state index in [2.05, 4.69) is 25.5 Å². The van der Waals surface area contributed by atoms with Crippen molar-refractivity contribution in [2.24, 2.45) is 0 Å². The quantitative estimate of drug-likeness (QED) is 0.804. The van der Waals surface area contributed by atoms with Crippen LogP contribution < -0.4 is 15.5 Å². The van der Waals surface area contributed by atoms with E-state index in [9.17, 15) is 4.79 Å². The zero-order valence-electron chi connectivity index (χ0n) is 11.7. The molecule has 1 aliphatic rings. The number of nitrogens with one attached hydrogen (secondary N) is 2. The zero-order chi connectivity index (χ0) is 13.8. The molecule has 2 heterocycles. The Labute approximate surface area is 113 Å². The second-order valence-corrected chi connectivity index (χ2v) is 4.72. The highest BCUT2D eigenvalue weighted by molar-refractivity contribution is 5.85. The molecule has 1 amide bonds. The number of likely N-dealkylation sites (N-methyl/N-ethyl adjacent to an activating group) is 1. The number of carbonyl (C=O) groups is 1. The molecule has 1 saturated heterocycles. The molecule has 1 atom stereocenters. The fourth-order valence-corrected chi connectivity index (χ4v) is 2.35. The third-order valence-electron chi connectivity index (χ3n) is 3.14. The fourth-order valence-electron chi connectivity index (χ4n) is 2.35. The maximum Gasteiger partial charge on any atom is 0.244 e. The smallest absolute Gasteiger partial charge is 0.244 e. The average Bonchev–Trinajstić information content (AvgIpc) is 2.38. The minimum atomic E-state index is -0.206. The van der Waals surface area contributed by atoms with Crippen LogP contribution in [-0.4, -0.2) is 48.1 Å². The molecule has 2 N–H and O–H groups in total. The van der Waals surface area contributed by atoms with Crippen molar-refractivity contribution in [3.8, 4) is 0 Å². The number of aromatic nitrogens is 2. The largest absolute Gasteiger partial charge is 0.355 e. The van der Waals surface area contributed by atoms with Gasteiger partial charge in [0, 0.05) is 37.9 Å². The first-order valence-corrected chi connectivity index (χ1v) is 6.69. The number of hydrogen-bond donors (Lipinski definition) is 2. The number of hydrogen-bond acceptors (Lipinski definition) is 5. The van der Waals surface area contributed by atoms with Gasteiger partial charge >= 0.3 is 0 Å². The van der Waals surface area contributed by atoms with Gasteiger partial charge in [-0.05, 0) is 20.8 Å². The van der Waals surface area contributed by atoms with Crippen molar-refractivity contribution >= 4 is 11.7 Å². The van der Waals surface area contributed by atoms with E-state index < -0.39 is 0 Å². The van der Waals surface area contributed by atoms with Crippen LogP contribution in [0.25, 0.3) is 0 Å². The zero-order valence-corrected chi connectivity index (χ0v) is 11.7. The summed E-state index contributed by atoms with van der Waals surface area (Å²) < 4.78 is 0. The summed E-state index contributed by atoms with van der Waals surface area (Å²) in [7, 11) is 0. The van der Waals surface area contributed by atoms with Gasteiger partial charge in [-0.2, -0.15) is 0 Å². The van der Waals surface area contributed by atoms with Crippen molar-refractivity contribution in [3.63, 3.8) is 0 Å². The average molecular weight is 263 g/mol. The first-order chi connectivity index (χ1) is 9.11. The van der Waals surface area contributed by atoms with Crippen molar-refractivity contribution in [2.75, 3.05) is 31.1 Å². The van der Waals surface area contributed by atoms with E-state index in [1.807, 2.05) is 26.8 Å². The van der Waals surface area contributed by atoms with E-state index in [0.29, 0.717) is 13.1 Å². The lowest BCUT2D eigenvalue weighted by atomic mass is 10.1. The van der Waals surface area contributed by atoms with E-state index in [1.165, 1.54) is 0 Å². The molecule has 6 nitrogen and oxygen atoms in total. The van der Waals surface area contributed by atoms with E-state index in [0.717, 1.165) is 30.4 Å². The van der Waals surface area contributed by atoms with Gasteiger partial charge in [0.05, 0.1) is 0 Å². The molecule has 1 aromatic rings. The molecule has 1 aliphatic heterocycles. The van der Waals surface area contributed by atoms with Gasteiger partial charge in [-0.3, -0.25) is 4.79 Å². The Balaban J connectivity index is 2.25. The number of amides is 1. The predicted molar refractivity (Wildman–Crippen MR) is 74.2 cm³/mol. The third-order valence-corrected chi connectivity index (χ3v) is 3.14. The van der Waals surface area contributed by atoms with Gasteiger partial charge in [0.1, 0.15) is 17.7 Å². The molecule has 1 fully saturated rings. The van der Waals surface area contributed by atoms with Gasteiger partial charge in [-0.25, -0.2) is 9.97 Å². The summed E-state index contributed by atoms with van der Waals surface area (Å²) in [6.45, 7) is 8.67. The molecule has 0 aliphatic carbocycles. The summed E-state index contributed by atoms with van der Waals surface area (Å²) >= 11 is 0. The maximum absolute atomic E-state index is 12.1. The first kappa shape index (κ1) is 13.7. The Kier molecular flexibility index (Phi) is 4.31. The maximum atomic E-state index is 12.1. The molecule has 0 bridgehead atoms. The molecule has 1 aromatic heterocycles. The third kappa shape index (κ3) is 3.20. The van der Waals surface area contributed by atoms with Crippen LogP contribution in [0.5, 0.6) is 0 Å². The molecule has 0 aromatic carbocycles. The second kappa shape index (κ2) is 5.97. The number of anilines is 1. The minimum absolute atomic E-state index is 0.0450. The van der Waals surface area contributed by atoms with E-state index in [-0.39, 0.29) is 11.9 Å². The van der Waals surface area contributed by atoms with Crippen LogP contribution in [0.15, 0.2) is 6.07 Å². The van der Waals surface area contributed by atoms with Crippen molar-refractivity contribution in [2.45, 2.75) is 26.8 Å². The van der Waals surface area contributed by atoms with Crippen molar-refractivity contribution < 1.29 is 4.79 Å². The molecule has 0 saturated carbocycles. The first-order valence-electron chi connectivity index (χ1n) is 6.69. The van der Waals surface area contributed by atoms with Gasteiger partial charge in [0.25, 0.3) is 0 Å². The topological polar surface area (TPSA) is 70.2 Å². The molecular formula is C13H21N5O. The van der Waals surface area contributed by atoms with Crippen molar-refractivity contribution in [1.29, 1.82) is 0 Å². The normalized spacial score (nSPS) is 19.3. The van der Waals surface area contributed by atoms with Gasteiger partial charge in [0.15, 0.2) is 0 Å². The minimum Gasteiger partial charge on any atom is -0.355 e. The Morgan fingerprint density at radius 3 is 3.00 bits per heavy atom. The molecule has 6 heteroatoms. The van der Waals surface area contributed by atoms with Crippen molar-refractivity contribution in [1.82, 2.24) is 20.6 Å². The van der Waals surface area contributed by atoms with Gasteiger partial charge < -0.3 is 15.5 Å². The SMILES string of the molecule is CCNC(=O)C1CNCCN1c1cc(C)nc(C)n1. The number of aryl methyl sites for hydroxylation is 2. The molecule has 104 valence electrons. The molecular weight excluding hydrogens is 242 g/mol. The second-order valence-electron chi connectivity index (χ2n) is 4.72. The fraction of sp³-hybridized carbons (Fsp3) is 0.615. The van der Waals surface area contributed by atoms with E-state index in [1.54, 1.807) is 0 Å². The Hall–Kier alpha value is -1.69. The molecule has 2 rings (SSSR count). The van der Waals surface area contributed by atoms with Gasteiger partial charge in [-0.15, -0.1) is 0 Å². The summed E-state index contributed by atoms with van der Waals surface area (Å²) in [6.07, 6.45) is 0. The highest BCUT2D eigenvalue weighted by Gasteiger charge is 2.29. The molecule has 0 radical (unpaired) electrons.